The lowest BCUT2D eigenvalue weighted by Crippen LogP contribution is -2.37. The molecule has 0 bridgehead atoms. The first kappa shape index (κ1) is 79.7. The third-order valence-electron chi connectivity index (χ3n) is 15.5. The van der Waals surface area contributed by atoms with Crippen molar-refractivity contribution in [1.29, 1.82) is 0 Å². The number of esters is 2. The van der Waals surface area contributed by atoms with Gasteiger partial charge in [-0.05, 0) is 77.0 Å². The van der Waals surface area contributed by atoms with Gasteiger partial charge in [0.1, 0.15) is 19.8 Å². The van der Waals surface area contributed by atoms with Crippen LogP contribution < -0.4 is 0 Å². The van der Waals surface area contributed by atoms with Crippen molar-refractivity contribution < 1.29 is 42.1 Å². The van der Waals surface area contributed by atoms with E-state index in [0.29, 0.717) is 17.4 Å². The van der Waals surface area contributed by atoms with Crippen LogP contribution in [0, 0.1) is 0 Å². The Morgan fingerprint density at radius 1 is 0.390 bits per heavy atom. The minimum absolute atomic E-state index is 0.0330. The Morgan fingerprint density at radius 3 is 1.05 bits per heavy atom. The largest absolute Gasteiger partial charge is 0.472 e. The van der Waals surface area contributed by atoms with Gasteiger partial charge in [-0.2, -0.15) is 0 Å². The summed E-state index contributed by atoms with van der Waals surface area (Å²) < 4.78 is 34.7. The Labute approximate surface area is 508 Å². The van der Waals surface area contributed by atoms with Crippen molar-refractivity contribution in [2.24, 2.45) is 0 Å². The molecule has 0 aromatic heterocycles. The van der Waals surface area contributed by atoms with E-state index in [1.807, 2.05) is 21.1 Å². The summed E-state index contributed by atoms with van der Waals surface area (Å²) in [6.45, 7) is 4.37. The Balaban J connectivity index is 3.95. The Kier molecular flexibility index (Phi) is 61.5. The van der Waals surface area contributed by atoms with Crippen LogP contribution in [-0.4, -0.2) is 74.9 Å². The van der Waals surface area contributed by atoms with Crippen LogP contribution in [0.3, 0.4) is 0 Å². The second kappa shape index (κ2) is 63.2. The molecule has 0 aliphatic rings. The summed E-state index contributed by atoms with van der Waals surface area (Å²) in [5.74, 6) is -0.783. The number of carbonyl (C=O) groups excluding carboxylic acids is 2. The van der Waals surface area contributed by atoms with Gasteiger partial charge < -0.3 is 18.9 Å². The Bertz CT molecular complexity index is 1570. The van der Waals surface area contributed by atoms with E-state index >= 15 is 0 Å². The monoisotopic (exact) mass is 1170 g/mol. The van der Waals surface area contributed by atoms with Gasteiger partial charge in [0.05, 0.1) is 27.7 Å². The molecule has 0 aromatic rings. The van der Waals surface area contributed by atoms with E-state index in [1.54, 1.807) is 0 Å². The number of carbonyl (C=O) groups is 2. The fourth-order valence-electron chi connectivity index (χ4n) is 10.2. The first-order chi connectivity index (χ1) is 40.0. The van der Waals surface area contributed by atoms with Crippen molar-refractivity contribution in [2.75, 3.05) is 47.5 Å². The number of phosphoric acid groups is 1. The molecular weight excluding hydrogens is 1040 g/mol. The third kappa shape index (κ3) is 66.8. The summed E-state index contributed by atoms with van der Waals surface area (Å²) in [5, 5.41) is 0. The molecule has 82 heavy (non-hydrogen) atoms. The molecule has 0 rings (SSSR count). The molecule has 0 aliphatic heterocycles. The number of ether oxygens (including phenoxy) is 2. The molecule has 0 aromatic carbocycles. The lowest BCUT2D eigenvalue weighted by molar-refractivity contribution is -0.870. The molecule has 0 saturated carbocycles. The minimum Gasteiger partial charge on any atom is -0.462 e. The number of unbranched alkanes of at least 4 members (excludes halogenated alkanes) is 41. The van der Waals surface area contributed by atoms with Gasteiger partial charge in [-0.15, -0.1) is 0 Å². The highest BCUT2D eigenvalue weighted by Gasteiger charge is 2.27. The number of allylic oxidation sites excluding steroid dienone is 10. The molecule has 9 nitrogen and oxygen atoms in total. The maximum absolute atomic E-state index is 12.9. The van der Waals surface area contributed by atoms with Crippen LogP contribution >= 0.6 is 7.82 Å². The zero-order valence-electron chi connectivity index (χ0n) is 54.7. The summed E-state index contributed by atoms with van der Waals surface area (Å²) >= 11 is 0. The summed E-state index contributed by atoms with van der Waals surface area (Å²) in [6.07, 6.45) is 83.3. The number of likely N-dealkylation sites (N-methyl/N-ethyl adjacent to an activating group) is 1. The lowest BCUT2D eigenvalue weighted by Gasteiger charge is -2.24. The van der Waals surface area contributed by atoms with Gasteiger partial charge >= 0.3 is 19.8 Å². The molecule has 0 radical (unpaired) electrons. The molecule has 0 fully saturated rings. The summed E-state index contributed by atoms with van der Waals surface area (Å²) in [4.78, 5) is 35.8. The predicted octanol–water partition coefficient (Wildman–Crippen LogP) is 22.6. The average molecular weight is 1170 g/mol. The number of rotatable bonds is 65. The van der Waals surface area contributed by atoms with Gasteiger partial charge in [-0.25, -0.2) is 4.57 Å². The van der Waals surface area contributed by atoms with Crippen LogP contribution in [0.15, 0.2) is 60.8 Å². The second-order valence-electron chi connectivity index (χ2n) is 24.9. The van der Waals surface area contributed by atoms with Crippen LogP contribution in [0.5, 0.6) is 0 Å². The highest BCUT2D eigenvalue weighted by atomic mass is 31.2. The van der Waals surface area contributed by atoms with Crippen molar-refractivity contribution in [3.63, 3.8) is 0 Å². The molecule has 1 N–H and O–H groups in total. The zero-order chi connectivity index (χ0) is 59.8. The summed E-state index contributed by atoms with van der Waals surface area (Å²) in [5.41, 5.74) is 0. The van der Waals surface area contributed by atoms with Crippen molar-refractivity contribution in [2.45, 2.75) is 341 Å². The molecule has 0 saturated heterocycles. The van der Waals surface area contributed by atoms with Gasteiger partial charge in [0.2, 0.25) is 0 Å². The van der Waals surface area contributed by atoms with Gasteiger partial charge in [0, 0.05) is 12.8 Å². The maximum Gasteiger partial charge on any atom is 0.472 e. The van der Waals surface area contributed by atoms with E-state index in [0.717, 1.165) is 57.8 Å². The van der Waals surface area contributed by atoms with Gasteiger partial charge in [-0.3, -0.25) is 18.6 Å². The number of nitrogens with zero attached hydrogens (tertiary/aromatic N) is 1. The summed E-state index contributed by atoms with van der Waals surface area (Å²) in [6, 6.07) is 0. The fourth-order valence-corrected chi connectivity index (χ4v) is 10.9. The second-order valence-corrected chi connectivity index (χ2v) is 26.3. The molecule has 2 atom stereocenters. The van der Waals surface area contributed by atoms with E-state index in [9.17, 15) is 19.0 Å². The summed E-state index contributed by atoms with van der Waals surface area (Å²) in [7, 11) is 1.49. The smallest absolute Gasteiger partial charge is 0.462 e. The number of hydrogen-bond donors (Lipinski definition) is 1. The standard InChI is InChI=1S/C72H134NO8P/c1-6-8-10-12-14-16-18-20-22-24-26-28-29-30-31-32-33-34-35-36-37-38-39-40-41-42-43-45-47-49-51-53-55-57-59-61-63-65-72(75)81-70(69-80-82(76,77)79-67-66-73(3,4)5)68-78-71(74)64-62-60-58-56-54-52-50-48-46-44-27-25-23-21-19-17-15-13-11-9-7-2/h8,10,14,16,20,22,25-28,70H,6-7,9,11-13,15,17-19,21,23-24,29-69H2,1-5H3/p+1/b10-8-,16-14-,22-20-,27-25-,28-26-. The quantitative estimate of drug-likeness (QED) is 0.0211. The highest BCUT2D eigenvalue weighted by Crippen LogP contribution is 2.43. The van der Waals surface area contributed by atoms with E-state index in [1.165, 1.54) is 244 Å². The van der Waals surface area contributed by atoms with Crippen LogP contribution in [-0.2, 0) is 32.7 Å². The predicted molar refractivity (Wildman–Crippen MR) is 353 cm³/mol. The number of hydrogen-bond acceptors (Lipinski definition) is 7. The van der Waals surface area contributed by atoms with E-state index in [2.05, 4.69) is 74.6 Å². The van der Waals surface area contributed by atoms with E-state index in [-0.39, 0.29) is 32.0 Å². The molecule has 10 heteroatoms. The molecular formula is C72H135NO8P+. The van der Waals surface area contributed by atoms with E-state index in [4.69, 9.17) is 18.5 Å². The normalized spacial score (nSPS) is 13.5. The van der Waals surface area contributed by atoms with Crippen LogP contribution in [0.2, 0.25) is 0 Å². The molecule has 2 unspecified atom stereocenters. The topological polar surface area (TPSA) is 108 Å². The fraction of sp³-hybridized carbons (Fsp3) is 0.833. The van der Waals surface area contributed by atoms with Gasteiger partial charge in [-0.1, -0.05) is 306 Å². The molecule has 0 aliphatic carbocycles. The lowest BCUT2D eigenvalue weighted by atomic mass is 10.0. The van der Waals surface area contributed by atoms with Crippen LogP contribution in [0.4, 0.5) is 0 Å². The molecule has 0 spiro atoms. The minimum atomic E-state index is -4.39. The molecule has 480 valence electrons. The first-order valence-electron chi connectivity index (χ1n) is 35.0. The van der Waals surface area contributed by atoms with Gasteiger partial charge in [0.15, 0.2) is 6.10 Å². The SMILES string of the molecule is CC/C=C\C/C=C\C/C=C\C/C=C\CCCCCCCCCCCCCCCCCCCCCCCCCCC(=O)OC(COC(=O)CCCCCCCCCCC/C=C\CCCCCCCCCC)COP(=O)(O)OCC[N+](C)(C)C. The van der Waals surface area contributed by atoms with Gasteiger partial charge in [0.25, 0.3) is 0 Å². The highest BCUT2D eigenvalue weighted by molar-refractivity contribution is 7.47. The Hall–Kier alpha value is -2.29. The number of phosphoric ester groups is 1. The molecule has 0 heterocycles. The Morgan fingerprint density at radius 2 is 0.695 bits per heavy atom. The third-order valence-corrected chi connectivity index (χ3v) is 16.5. The zero-order valence-corrected chi connectivity index (χ0v) is 55.6. The van der Waals surface area contributed by atoms with Crippen molar-refractivity contribution in [3.8, 4) is 0 Å². The van der Waals surface area contributed by atoms with Crippen LogP contribution in [0.1, 0.15) is 335 Å². The van der Waals surface area contributed by atoms with E-state index < -0.39 is 26.5 Å². The number of quaternary nitrogens is 1. The first-order valence-corrected chi connectivity index (χ1v) is 36.5. The van der Waals surface area contributed by atoms with Crippen LogP contribution in [0.25, 0.3) is 0 Å². The van der Waals surface area contributed by atoms with Crippen molar-refractivity contribution >= 4 is 19.8 Å². The average Bonchev–Trinajstić information content (AvgIpc) is 3.46. The van der Waals surface area contributed by atoms with Crippen molar-refractivity contribution in [3.05, 3.63) is 60.8 Å². The molecule has 0 amide bonds. The van der Waals surface area contributed by atoms with Crippen molar-refractivity contribution in [1.82, 2.24) is 0 Å². The maximum atomic E-state index is 12.9.